The first-order valence-electron chi connectivity index (χ1n) is 6.13. The molecule has 0 spiro atoms. The second-order valence-corrected chi connectivity index (χ2v) is 4.62. The molecule has 0 aromatic carbocycles. The lowest BCUT2D eigenvalue weighted by atomic mass is 10.1. The molecule has 1 aromatic rings. The van der Waals surface area contributed by atoms with Crippen LogP contribution in [0.15, 0.2) is 0 Å². The SMILES string of the molecule is CCOC(=O)c1n[nH]c2c1[C@H]1CC1C2OCOC. The van der Waals surface area contributed by atoms with Crippen molar-refractivity contribution in [3.63, 3.8) is 0 Å². The third kappa shape index (κ3) is 1.64. The van der Waals surface area contributed by atoms with E-state index in [1.165, 1.54) is 0 Å². The summed E-state index contributed by atoms with van der Waals surface area (Å²) in [5.41, 5.74) is 2.32. The van der Waals surface area contributed by atoms with Crippen LogP contribution < -0.4 is 0 Å². The molecule has 6 heteroatoms. The second kappa shape index (κ2) is 4.37. The summed E-state index contributed by atoms with van der Waals surface area (Å²) < 4.78 is 15.6. The van der Waals surface area contributed by atoms with Gasteiger partial charge in [-0.1, -0.05) is 0 Å². The number of hydrogen-bond donors (Lipinski definition) is 1. The number of ether oxygens (including phenoxy) is 3. The summed E-state index contributed by atoms with van der Waals surface area (Å²) in [6.07, 6.45) is 1.02. The Hall–Kier alpha value is -1.40. The molecule has 1 N–H and O–H groups in total. The fourth-order valence-corrected chi connectivity index (χ4v) is 2.75. The van der Waals surface area contributed by atoms with Crippen LogP contribution in [0.3, 0.4) is 0 Å². The first-order valence-corrected chi connectivity index (χ1v) is 6.13. The number of fused-ring (bicyclic) bond motifs is 3. The van der Waals surface area contributed by atoms with Gasteiger partial charge in [-0.05, 0) is 25.2 Å². The van der Waals surface area contributed by atoms with Crippen molar-refractivity contribution in [1.29, 1.82) is 0 Å². The van der Waals surface area contributed by atoms with Gasteiger partial charge in [0.05, 0.1) is 12.3 Å². The van der Waals surface area contributed by atoms with Gasteiger partial charge in [-0.3, -0.25) is 5.10 Å². The number of aromatic nitrogens is 2. The highest BCUT2D eigenvalue weighted by molar-refractivity contribution is 5.90. The maximum absolute atomic E-state index is 11.8. The molecule has 0 radical (unpaired) electrons. The maximum Gasteiger partial charge on any atom is 0.359 e. The van der Waals surface area contributed by atoms with Gasteiger partial charge in [0.1, 0.15) is 12.9 Å². The monoisotopic (exact) mass is 252 g/mol. The minimum absolute atomic E-state index is 0.0272. The zero-order valence-corrected chi connectivity index (χ0v) is 10.4. The number of carbonyl (C=O) groups excluding carboxylic acids is 1. The van der Waals surface area contributed by atoms with Crippen LogP contribution in [-0.4, -0.2) is 36.7 Å². The molecule has 2 aliphatic carbocycles. The zero-order valence-electron chi connectivity index (χ0n) is 10.4. The van der Waals surface area contributed by atoms with E-state index in [4.69, 9.17) is 14.2 Å². The molecule has 18 heavy (non-hydrogen) atoms. The molecule has 3 rings (SSSR count). The number of aromatic amines is 1. The van der Waals surface area contributed by atoms with Gasteiger partial charge in [-0.2, -0.15) is 5.10 Å². The Kier molecular flexibility index (Phi) is 2.83. The predicted molar refractivity (Wildman–Crippen MR) is 61.1 cm³/mol. The highest BCUT2D eigenvalue weighted by atomic mass is 16.7. The van der Waals surface area contributed by atoms with Crippen molar-refractivity contribution in [1.82, 2.24) is 10.2 Å². The Labute approximate surface area is 105 Å². The fourth-order valence-electron chi connectivity index (χ4n) is 2.75. The third-order valence-corrected chi connectivity index (χ3v) is 3.55. The number of nitrogens with one attached hydrogen (secondary N) is 1. The number of H-pyrrole nitrogens is 1. The van der Waals surface area contributed by atoms with Gasteiger partial charge < -0.3 is 14.2 Å². The van der Waals surface area contributed by atoms with Crippen molar-refractivity contribution in [3.8, 4) is 0 Å². The van der Waals surface area contributed by atoms with E-state index in [2.05, 4.69) is 10.2 Å². The standard InChI is InChI=1S/C12H16N2O4/c1-3-17-12(15)10-8-6-4-7(6)11(18-5-16-2)9(8)13-14-10/h6-7,11H,3-5H2,1-2H3,(H,13,14)/t6-,7?,11?/m0/s1. The summed E-state index contributed by atoms with van der Waals surface area (Å²) in [6, 6.07) is 0. The molecular formula is C12H16N2O4. The smallest absolute Gasteiger partial charge is 0.359 e. The molecule has 0 aliphatic heterocycles. The Morgan fingerprint density at radius 2 is 2.39 bits per heavy atom. The molecule has 0 amide bonds. The number of carbonyl (C=O) groups is 1. The van der Waals surface area contributed by atoms with E-state index in [9.17, 15) is 4.79 Å². The molecule has 1 saturated carbocycles. The van der Waals surface area contributed by atoms with Crippen molar-refractivity contribution in [2.75, 3.05) is 20.5 Å². The van der Waals surface area contributed by atoms with Crippen LogP contribution in [0.2, 0.25) is 0 Å². The van der Waals surface area contributed by atoms with E-state index < -0.39 is 0 Å². The van der Waals surface area contributed by atoms with Crippen molar-refractivity contribution < 1.29 is 19.0 Å². The lowest BCUT2D eigenvalue weighted by Crippen LogP contribution is -2.08. The average molecular weight is 252 g/mol. The number of rotatable bonds is 5. The van der Waals surface area contributed by atoms with Gasteiger partial charge in [0.15, 0.2) is 5.69 Å². The van der Waals surface area contributed by atoms with Crippen LogP contribution in [0, 0.1) is 5.92 Å². The lowest BCUT2D eigenvalue weighted by molar-refractivity contribution is -0.0803. The summed E-state index contributed by atoms with van der Waals surface area (Å²) in [7, 11) is 1.59. The third-order valence-electron chi connectivity index (χ3n) is 3.55. The van der Waals surface area contributed by atoms with Gasteiger partial charge in [-0.25, -0.2) is 4.79 Å². The Bertz CT molecular complexity index is 471. The molecular weight excluding hydrogens is 236 g/mol. The van der Waals surface area contributed by atoms with Crippen LogP contribution in [0.1, 0.15) is 47.1 Å². The summed E-state index contributed by atoms with van der Waals surface area (Å²) >= 11 is 0. The number of nitrogens with zero attached hydrogens (tertiary/aromatic N) is 1. The van der Waals surface area contributed by atoms with Gasteiger partial charge in [0.2, 0.25) is 0 Å². The highest BCUT2D eigenvalue weighted by Gasteiger charge is 2.56. The Balaban J connectivity index is 1.84. The van der Waals surface area contributed by atoms with Crippen molar-refractivity contribution >= 4 is 5.97 Å². The van der Waals surface area contributed by atoms with Crippen molar-refractivity contribution in [2.24, 2.45) is 5.92 Å². The predicted octanol–water partition coefficient (Wildman–Crippen LogP) is 1.37. The van der Waals surface area contributed by atoms with E-state index >= 15 is 0 Å². The van der Waals surface area contributed by atoms with Crippen molar-refractivity contribution in [3.05, 3.63) is 17.0 Å². The lowest BCUT2D eigenvalue weighted by Gasteiger charge is -2.12. The van der Waals surface area contributed by atoms with Crippen LogP contribution in [-0.2, 0) is 14.2 Å². The summed E-state index contributed by atoms with van der Waals surface area (Å²) in [4.78, 5) is 11.8. The molecule has 1 aromatic heterocycles. The maximum atomic E-state index is 11.8. The van der Waals surface area contributed by atoms with Crippen LogP contribution in [0.4, 0.5) is 0 Å². The van der Waals surface area contributed by atoms with E-state index in [0.717, 1.165) is 17.7 Å². The van der Waals surface area contributed by atoms with Crippen LogP contribution >= 0.6 is 0 Å². The summed E-state index contributed by atoms with van der Waals surface area (Å²) in [5.74, 6) is 0.491. The van der Waals surface area contributed by atoms with Crippen LogP contribution in [0.5, 0.6) is 0 Å². The molecule has 6 nitrogen and oxygen atoms in total. The minimum atomic E-state index is -0.354. The molecule has 0 saturated heterocycles. The van der Waals surface area contributed by atoms with Crippen LogP contribution in [0.25, 0.3) is 0 Å². The first kappa shape index (κ1) is 11.7. The molecule has 1 heterocycles. The fraction of sp³-hybridized carbons (Fsp3) is 0.667. The first-order chi connectivity index (χ1) is 8.77. The number of esters is 1. The van der Waals surface area contributed by atoms with E-state index in [-0.39, 0.29) is 18.9 Å². The molecule has 98 valence electrons. The molecule has 2 unspecified atom stereocenters. The second-order valence-electron chi connectivity index (χ2n) is 4.62. The van der Waals surface area contributed by atoms with Gasteiger partial charge in [0.25, 0.3) is 0 Å². The van der Waals surface area contributed by atoms with Crippen molar-refractivity contribution in [2.45, 2.75) is 25.4 Å². The minimum Gasteiger partial charge on any atom is -0.461 e. The van der Waals surface area contributed by atoms with Gasteiger partial charge in [-0.15, -0.1) is 0 Å². The molecule has 1 fully saturated rings. The number of methoxy groups -OCH3 is 1. The molecule has 0 bridgehead atoms. The highest BCUT2D eigenvalue weighted by Crippen LogP contribution is 2.63. The Morgan fingerprint density at radius 1 is 1.56 bits per heavy atom. The zero-order chi connectivity index (χ0) is 12.7. The van der Waals surface area contributed by atoms with Gasteiger partial charge >= 0.3 is 5.97 Å². The largest absolute Gasteiger partial charge is 0.461 e. The summed E-state index contributed by atoms with van der Waals surface area (Å²) in [5, 5.41) is 6.99. The normalized spacial score (nSPS) is 27.8. The van der Waals surface area contributed by atoms with E-state index in [1.54, 1.807) is 14.0 Å². The molecule has 2 aliphatic rings. The molecule has 3 atom stereocenters. The quantitative estimate of drug-likeness (QED) is 0.632. The van der Waals surface area contributed by atoms with E-state index in [0.29, 0.717) is 24.1 Å². The summed E-state index contributed by atoms with van der Waals surface area (Å²) in [6.45, 7) is 2.40. The Morgan fingerprint density at radius 3 is 3.11 bits per heavy atom. The van der Waals surface area contributed by atoms with E-state index in [1.807, 2.05) is 0 Å². The number of hydrogen-bond acceptors (Lipinski definition) is 5. The average Bonchev–Trinajstić information content (AvgIpc) is 2.91. The topological polar surface area (TPSA) is 73.4 Å². The van der Waals surface area contributed by atoms with Gasteiger partial charge in [0, 0.05) is 12.7 Å².